The van der Waals surface area contributed by atoms with Gasteiger partial charge in [-0.3, -0.25) is 9.69 Å². The minimum atomic E-state index is -2.70. The number of aliphatic imine (C=N–C) groups is 1. The van der Waals surface area contributed by atoms with Gasteiger partial charge in [0.15, 0.2) is 12.0 Å². The number of amides is 2. The van der Waals surface area contributed by atoms with E-state index in [1.165, 1.54) is 11.1 Å². The standard InChI is InChI=1S/C29H35ClF2N8O3.C5H12/c1-35-12-19(13-37-27(31)32)16-3-5-17(6-4-16)25-26(41)40(28(34)39-25)24(15-43-29(42)38-20-8-9-20)18-7-10-22(30)21(11-18)23(33)14-36-2;1-5(2,3)4/h3-7,10-11,13-14,20,24-25,27,35-37H,8-9,12,15,33H2,1-2H3,(H2,34,39)(H,38,42);1-4H3/b19-13+,23-14-;/t24-,25-;/m1./s1. The molecule has 262 valence electrons. The van der Waals surface area contributed by atoms with Gasteiger partial charge in [-0.15, -0.1) is 0 Å². The Labute approximate surface area is 286 Å². The van der Waals surface area contributed by atoms with E-state index in [9.17, 15) is 18.4 Å². The predicted molar refractivity (Wildman–Crippen MR) is 187 cm³/mol. The van der Waals surface area contributed by atoms with Gasteiger partial charge < -0.3 is 37.5 Å². The fourth-order valence-electron chi connectivity index (χ4n) is 4.61. The summed E-state index contributed by atoms with van der Waals surface area (Å²) in [6.07, 6.45) is 4.00. The van der Waals surface area contributed by atoms with Crippen LogP contribution in [0.2, 0.25) is 5.02 Å². The van der Waals surface area contributed by atoms with Gasteiger partial charge in [-0.25, -0.2) is 9.79 Å². The van der Waals surface area contributed by atoms with Crippen molar-refractivity contribution >= 4 is 40.8 Å². The molecule has 14 heteroatoms. The Morgan fingerprint density at radius 1 is 1.12 bits per heavy atom. The highest BCUT2D eigenvalue weighted by molar-refractivity contribution is 6.32. The highest BCUT2D eigenvalue weighted by Gasteiger charge is 2.40. The Balaban J connectivity index is 0.00000116. The third-order valence-corrected chi connectivity index (χ3v) is 7.23. The Morgan fingerprint density at radius 2 is 1.77 bits per heavy atom. The first-order chi connectivity index (χ1) is 22.6. The van der Waals surface area contributed by atoms with Crippen LogP contribution in [-0.2, 0) is 9.53 Å². The van der Waals surface area contributed by atoms with Crippen molar-refractivity contribution in [3.8, 4) is 0 Å². The van der Waals surface area contributed by atoms with Crippen molar-refractivity contribution < 1.29 is 23.1 Å². The Kier molecular flexibility index (Phi) is 13.6. The predicted octanol–water partition coefficient (Wildman–Crippen LogP) is 5.07. The molecule has 0 radical (unpaired) electrons. The van der Waals surface area contributed by atoms with Crippen molar-refractivity contribution in [1.82, 2.24) is 26.2 Å². The number of ether oxygens (including phenoxy) is 1. The van der Waals surface area contributed by atoms with E-state index in [1.807, 2.05) is 5.32 Å². The van der Waals surface area contributed by atoms with Crippen LogP contribution < -0.4 is 32.7 Å². The number of halogens is 3. The molecule has 2 amide bonds. The highest BCUT2D eigenvalue weighted by atomic mass is 35.5. The second-order valence-electron chi connectivity index (χ2n) is 13.0. The maximum Gasteiger partial charge on any atom is 0.407 e. The Bertz CT molecular complexity index is 1500. The molecule has 1 aliphatic carbocycles. The summed E-state index contributed by atoms with van der Waals surface area (Å²) in [6.45, 7) is 6.18. The zero-order valence-corrected chi connectivity index (χ0v) is 29.0. The van der Waals surface area contributed by atoms with Crippen LogP contribution in [0.1, 0.15) is 74.9 Å². The first kappa shape index (κ1) is 38.1. The van der Waals surface area contributed by atoms with E-state index < -0.39 is 30.6 Å². The number of carbonyl (C=O) groups excluding carboxylic acids is 2. The van der Waals surface area contributed by atoms with Crippen molar-refractivity contribution in [1.29, 1.82) is 0 Å². The van der Waals surface area contributed by atoms with Crippen molar-refractivity contribution in [3.05, 3.63) is 82.1 Å². The third kappa shape index (κ3) is 11.4. The van der Waals surface area contributed by atoms with E-state index in [4.69, 9.17) is 27.8 Å². The van der Waals surface area contributed by atoms with Gasteiger partial charge in [0.05, 0.1) is 11.7 Å². The summed E-state index contributed by atoms with van der Waals surface area (Å²) in [5.41, 5.74) is 16.3. The average Bonchev–Trinajstić information content (AvgIpc) is 3.78. The van der Waals surface area contributed by atoms with Crippen LogP contribution in [0.4, 0.5) is 13.6 Å². The number of alkyl carbamates (subject to hydrolysis) is 1. The summed E-state index contributed by atoms with van der Waals surface area (Å²) >= 11 is 6.41. The fourth-order valence-corrected chi connectivity index (χ4v) is 4.84. The van der Waals surface area contributed by atoms with Crippen LogP contribution in [0.15, 0.2) is 59.9 Å². The van der Waals surface area contributed by atoms with E-state index in [1.54, 1.807) is 62.8 Å². The number of guanidine groups is 1. The average molecular weight is 689 g/mol. The Morgan fingerprint density at radius 3 is 2.33 bits per heavy atom. The van der Waals surface area contributed by atoms with Crippen LogP contribution in [0.25, 0.3) is 11.3 Å². The van der Waals surface area contributed by atoms with E-state index in [2.05, 4.69) is 48.6 Å². The number of nitrogens with two attached hydrogens (primary N) is 2. The number of benzene rings is 2. The van der Waals surface area contributed by atoms with Crippen LogP contribution >= 0.6 is 11.6 Å². The number of likely N-dealkylation sites (N-methyl/N-ethyl adjacent to an activating group) is 1. The summed E-state index contributed by atoms with van der Waals surface area (Å²) in [4.78, 5) is 32.0. The highest BCUT2D eigenvalue weighted by Crippen LogP contribution is 2.35. The molecular weight excluding hydrogens is 642 g/mol. The zero-order valence-electron chi connectivity index (χ0n) is 28.2. The van der Waals surface area contributed by atoms with Crippen LogP contribution in [0.5, 0.6) is 0 Å². The topological polar surface area (TPSA) is 159 Å². The summed E-state index contributed by atoms with van der Waals surface area (Å²) in [6, 6.07) is 10.2. The number of alkyl halides is 2. The van der Waals surface area contributed by atoms with Gasteiger partial charge in [0.1, 0.15) is 6.61 Å². The first-order valence-corrected chi connectivity index (χ1v) is 16.0. The largest absolute Gasteiger partial charge is 0.447 e. The van der Waals surface area contributed by atoms with E-state index in [-0.39, 0.29) is 18.6 Å². The Hall–Kier alpha value is -4.36. The van der Waals surface area contributed by atoms with E-state index in [0.29, 0.717) is 50.5 Å². The van der Waals surface area contributed by atoms with Crippen molar-refractivity contribution in [2.45, 2.75) is 65.2 Å². The molecular formula is C34H47ClF2N8O3. The molecule has 2 aromatic carbocycles. The maximum absolute atomic E-state index is 13.8. The first-order valence-electron chi connectivity index (χ1n) is 15.6. The molecule has 0 spiro atoms. The summed E-state index contributed by atoms with van der Waals surface area (Å²) in [5.74, 6) is -0.482. The molecule has 11 nitrogen and oxygen atoms in total. The number of carbonyl (C=O) groups is 2. The monoisotopic (exact) mass is 688 g/mol. The van der Waals surface area contributed by atoms with Gasteiger partial charge in [0.25, 0.3) is 5.91 Å². The lowest BCUT2D eigenvalue weighted by atomic mass is 9.99. The normalized spacial score (nSPS) is 17.4. The molecule has 1 aliphatic heterocycles. The van der Waals surface area contributed by atoms with Crippen molar-refractivity contribution in [3.63, 3.8) is 0 Å². The quantitative estimate of drug-likeness (QED) is 0.159. The molecule has 1 fully saturated rings. The van der Waals surface area contributed by atoms with Gasteiger partial charge in [0.2, 0.25) is 0 Å². The fraction of sp³-hybridized carbons (Fsp3) is 0.441. The van der Waals surface area contributed by atoms with Gasteiger partial charge >= 0.3 is 12.6 Å². The van der Waals surface area contributed by atoms with Crippen LogP contribution in [-0.4, -0.2) is 62.7 Å². The molecule has 2 atom stereocenters. The lowest BCUT2D eigenvalue weighted by Gasteiger charge is -2.28. The lowest BCUT2D eigenvalue weighted by Crippen LogP contribution is -2.43. The lowest BCUT2D eigenvalue weighted by molar-refractivity contribution is -0.129. The SMILES string of the molecule is CC(C)(C)C.CN/C=C(\N)c1cc([C@@H](COC(=O)NC2CC2)N2C(=O)[C@@H](c3ccc(/C(=C/NC(F)F)CNC)cc3)N=C2N)ccc1Cl. The molecule has 4 rings (SSSR count). The molecule has 2 aromatic rings. The van der Waals surface area contributed by atoms with E-state index >= 15 is 0 Å². The number of nitrogens with one attached hydrogen (secondary N) is 4. The molecule has 0 saturated heterocycles. The second-order valence-corrected chi connectivity index (χ2v) is 13.5. The number of hydrogen-bond acceptors (Lipinski definition) is 9. The van der Waals surface area contributed by atoms with Gasteiger partial charge in [-0.2, -0.15) is 8.78 Å². The summed E-state index contributed by atoms with van der Waals surface area (Å²) in [7, 11) is 3.41. The molecule has 8 N–H and O–H groups in total. The summed E-state index contributed by atoms with van der Waals surface area (Å²) < 4.78 is 30.9. The number of nitrogens with zero attached hydrogens (tertiary/aromatic N) is 2. The van der Waals surface area contributed by atoms with Gasteiger partial charge in [-0.05, 0) is 59.7 Å². The molecule has 0 aromatic heterocycles. The van der Waals surface area contributed by atoms with Crippen LogP contribution in [0, 0.1) is 5.41 Å². The smallest absolute Gasteiger partial charge is 0.407 e. The van der Waals surface area contributed by atoms with Crippen LogP contribution in [0.3, 0.4) is 0 Å². The molecule has 2 aliphatic rings. The van der Waals surface area contributed by atoms with Gasteiger partial charge in [0, 0.05) is 42.6 Å². The maximum atomic E-state index is 13.8. The van der Waals surface area contributed by atoms with E-state index in [0.717, 1.165) is 12.8 Å². The number of hydrogen-bond donors (Lipinski definition) is 6. The molecule has 0 unspecified atom stereocenters. The van der Waals surface area contributed by atoms with Crippen molar-refractivity contribution in [2.24, 2.45) is 21.9 Å². The summed E-state index contributed by atoms with van der Waals surface area (Å²) in [5, 5.41) is 11.0. The van der Waals surface area contributed by atoms with Gasteiger partial charge in [-0.1, -0.05) is 69.6 Å². The molecule has 1 saturated carbocycles. The van der Waals surface area contributed by atoms with Crippen molar-refractivity contribution in [2.75, 3.05) is 27.2 Å². The molecule has 48 heavy (non-hydrogen) atoms. The molecule has 0 bridgehead atoms. The number of rotatable bonds is 13. The zero-order chi connectivity index (χ0) is 35.6. The molecule has 1 heterocycles. The minimum absolute atomic E-state index is 0.0533. The minimum Gasteiger partial charge on any atom is -0.447 e. The second kappa shape index (κ2) is 17.2. The third-order valence-electron chi connectivity index (χ3n) is 6.90.